The van der Waals surface area contributed by atoms with Crippen molar-refractivity contribution in [1.82, 2.24) is 9.88 Å². The fourth-order valence-corrected chi connectivity index (χ4v) is 6.18. The summed E-state index contributed by atoms with van der Waals surface area (Å²) in [5.41, 5.74) is -0.235. The van der Waals surface area contributed by atoms with Crippen molar-refractivity contribution in [2.24, 2.45) is 0 Å². The third kappa shape index (κ3) is 5.34. The minimum Gasteiger partial charge on any atom is -0.451 e. The largest absolute Gasteiger partial charge is 0.451 e. The van der Waals surface area contributed by atoms with Crippen molar-refractivity contribution in [3.8, 4) is 0 Å². The Balaban J connectivity index is 1.71. The van der Waals surface area contributed by atoms with Crippen LogP contribution in [0.4, 0.5) is 0 Å². The zero-order chi connectivity index (χ0) is 21.2. The lowest BCUT2D eigenvalue weighted by molar-refractivity contribution is -0.140. The first-order chi connectivity index (χ1) is 13.7. The zero-order valence-corrected chi connectivity index (χ0v) is 18.7. The van der Waals surface area contributed by atoms with E-state index in [0.717, 1.165) is 32.1 Å². The van der Waals surface area contributed by atoms with Gasteiger partial charge in [-0.3, -0.25) is 4.79 Å². The van der Waals surface area contributed by atoms with E-state index < -0.39 is 28.3 Å². The normalized spacial score (nSPS) is 21.7. The van der Waals surface area contributed by atoms with Crippen LogP contribution in [0.15, 0.2) is 6.20 Å². The lowest BCUT2D eigenvalue weighted by atomic mass is 9.93. The molecule has 29 heavy (non-hydrogen) atoms. The zero-order valence-electron chi connectivity index (χ0n) is 15.6. The van der Waals surface area contributed by atoms with Crippen molar-refractivity contribution in [1.29, 1.82) is 0 Å². The summed E-state index contributed by atoms with van der Waals surface area (Å²) in [5, 5.41) is -0.0838. The van der Waals surface area contributed by atoms with Crippen molar-refractivity contribution in [3.63, 3.8) is 0 Å². The molecule has 1 aromatic rings. The average Bonchev–Trinajstić information content (AvgIpc) is 3.04. The maximum Gasteiger partial charge on any atom is 0.359 e. The van der Waals surface area contributed by atoms with Crippen LogP contribution in [0.3, 0.4) is 0 Å². The number of ether oxygens (including phenoxy) is 1. The molecule has 1 aromatic heterocycles. The van der Waals surface area contributed by atoms with E-state index in [1.54, 1.807) is 4.90 Å². The molecule has 3 rings (SSSR count). The summed E-state index contributed by atoms with van der Waals surface area (Å²) in [4.78, 5) is 30.7. The Bertz CT molecular complexity index is 903. The van der Waals surface area contributed by atoms with Crippen molar-refractivity contribution >= 4 is 56.5 Å². The molecule has 160 valence electrons. The van der Waals surface area contributed by atoms with Crippen LogP contribution in [-0.4, -0.2) is 60.4 Å². The maximum absolute atomic E-state index is 12.9. The average molecular weight is 484 g/mol. The first-order valence-corrected chi connectivity index (χ1v) is 12.3. The number of nitrogens with zero attached hydrogens (tertiary/aromatic N) is 2. The number of carbonyl (C=O) groups is 2. The molecule has 11 heteroatoms. The van der Waals surface area contributed by atoms with Crippen LogP contribution < -0.4 is 0 Å². The number of esters is 1. The number of hydrogen-bond acceptors (Lipinski definition) is 6. The monoisotopic (exact) mass is 482 g/mol. The van der Waals surface area contributed by atoms with Gasteiger partial charge in [-0.1, -0.05) is 54.1 Å². The fourth-order valence-electron chi connectivity index (χ4n) is 3.92. The highest BCUT2D eigenvalue weighted by atomic mass is 35.5. The van der Waals surface area contributed by atoms with E-state index in [9.17, 15) is 18.0 Å². The summed E-state index contributed by atoms with van der Waals surface area (Å²) in [6.45, 7) is -0.524. The summed E-state index contributed by atoms with van der Waals surface area (Å²) < 4.78 is 29.0. The van der Waals surface area contributed by atoms with Gasteiger partial charge in [0.05, 0.1) is 26.6 Å². The number of halogens is 3. The van der Waals surface area contributed by atoms with Crippen LogP contribution in [0.25, 0.3) is 0 Å². The van der Waals surface area contributed by atoms with Crippen molar-refractivity contribution < 1.29 is 22.7 Å². The fraction of sp³-hybridized carbons (Fsp3) is 0.611. The molecule has 0 aromatic carbocycles. The van der Waals surface area contributed by atoms with Gasteiger partial charge >= 0.3 is 5.97 Å². The van der Waals surface area contributed by atoms with Gasteiger partial charge in [0, 0.05) is 18.3 Å². The molecule has 0 radical (unpaired) electrons. The molecule has 2 aliphatic rings. The number of pyridine rings is 1. The van der Waals surface area contributed by atoms with E-state index in [2.05, 4.69) is 4.98 Å². The highest BCUT2D eigenvalue weighted by Crippen LogP contribution is 2.32. The Morgan fingerprint density at radius 2 is 1.76 bits per heavy atom. The number of sulfone groups is 1. The van der Waals surface area contributed by atoms with E-state index in [-0.39, 0.29) is 44.4 Å². The molecule has 1 saturated heterocycles. The summed E-state index contributed by atoms with van der Waals surface area (Å²) in [6.07, 6.45) is 6.27. The summed E-state index contributed by atoms with van der Waals surface area (Å²) >= 11 is 17.7. The predicted molar refractivity (Wildman–Crippen MR) is 110 cm³/mol. The Morgan fingerprint density at radius 1 is 1.07 bits per heavy atom. The first kappa shape index (κ1) is 22.6. The highest BCUT2D eigenvalue weighted by molar-refractivity contribution is 7.91. The van der Waals surface area contributed by atoms with Crippen molar-refractivity contribution in [2.75, 3.05) is 18.1 Å². The molecule has 1 aliphatic heterocycles. The molecule has 0 spiro atoms. The lowest BCUT2D eigenvalue weighted by Crippen LogP contribution is -2.50. The Kier molecular flexibility index (Phi) is 7.30. The second-order valence-corrected chi connectivity index (χ2v) is 10.7. The molecular formula is C18H21Cl3N2O5S. The second-order valence-electron chi connectivity index (χ2n) is 7.31. The molecule has 1 amide bonds. The smallest absolute Gasteiger partial charge is 0.359 e. The van der Waals surface area contributed by atoms with Crippen molar-refractivity contribution in [2.45, 2.75) is 50.6 Å². The second kappa shape index (κ2) is 9.37. The molecule has 1 unspecified atom stereocenters. The third-order valence-corrected chi connectivity index (χ3v) is 8.29. The molecule has 0 N–H and O–H groups in total. The highest BCUT2D eigenvalue weighted by Gasteiger charge is 2.38. The minimum absolute atomic E-state index is 0.0263. The molecule has 2 fully saturated rings. The maximum atomic E-state index is 12.9. The standard InChI is InChI=1S/C18H21Cl3N2O5S/c19-13-8-22-17(16(21)15(13)20)18(25)28-9-14(24)23(11-4-2-1-3-5-11)12-6-7-29(26,27)10-12/h8,11-12H,1-7,9-10H2. The number of hydrogen-bond donors (Lipinski definition) is 0. The molecule has 0 bridgehead atoms. The van der Waals surface area contributed by atoms with Gasteiger partial charge in [-0.2, -0.15) is 0 Å². The van der Waals surface area contributed by atoms with Crippen molar-refractivity contribution in [3.05, 3.63) is 27.0 Å². The van der Waals surface area contributed by atoms with E-state index in [1.807, 2.05) is 0 Å². The summed E-state index contributed by atoms with van der Waals surface area (Å²) in [5.74, 6) is -1.30. The summed E-state index contributed by atoms with van der Waals surface area (Å²) in [6, 6.07) is -0.430. The van der Waals surface area contributed by atoms with Crippen LogP contribution in [0, 0.1) is 0 Å². The van der Waals surface area contributed by atoms with Gasteiger partial charge in [0.15, 0.2) is 22.1 Å². The number of aromatic nitrogens is 1. The van der Waals surface area contributed by atoms with E-state index in [0.29, 0.717) is 6.42 Å². The Hall–Kier alpha value is -1.09. The van der Waals surface area contributed by atoms with Crippen LogP contribution in [0.1, 0.15) is 49.0 Å². The van der Waals surface area contributed by atoms with Crippen LogP contribution in [0.5, 0.6) is 0 Å². The van der Waals surface area contributed by atoms with E-state index in [1.165, 1.54) is 6.20 Å². The molecule has 1 aliphatic carbocycles. The SMILES string of the molecule is O=C(OCC(=O)N(C1CCCCC1)C1CCS(=O)(=O)C1)c1ncc(Cl)c(Cl)c1Cl. The topological polar surface area (TPSA) is 93.6 Å². The van der Waals surface area contributed by atoms with Gasteiger partial charge in [0.1, 0.15) is 0 Å². The Morgan fingerprint density at radius 3 is 2.38 bits per heavy atom. The molecule has 7 nitrogen and oxygen atoms in total. The van der Waals surface area contributed by atoms with E-state index >= 15 is 0 Å². The molecule has 1 saturated carbocycles. The van der Waals surface area contributed by atoms with Crippen LogP contribution in [0.2, 0.25) is 15.1 Å². The first-order valence-electron chi connectivity index (χ1n) is 9.38. The van der Waals surface area contributed by atoms with Gasteiger partial charge in [-0.25, -0.2) is 18.2 Å². The Labute approximate surface area is 184 Å². The molecule has 2 heterocycles. The van der Waals surface area contributed by atoms with Gasteiger partial charge in [-0.15, -0.1) is 0 Å². The molecular weight excluding hydrogens is 463 g/mol. The predicted octanol–water partition coefficient (Wildman–Crippen LogP) is 3.55. The van der Waals surface area contributed by atoms with Crippen LogP contribution in [-0.2, 0) is 19.4 Å². The van der Waals surface area contributed by atoms with Gasteiger partial charge < -0.3 is 9.64 Å². The van der Waals surface area contributed by atoms with Crippen LogP contribution >= 0.6 is 34.8 Å². The number of amides is 1. The lowest BCUT2D eigenvalue weighted by Gasteiger charge is -2.38. The van der Waals surface area contributed by atoms with Gasteiger partial charge in [0.25, 0.3) is 5.91 Å². The quantitative estimate of drug-likeness (QED) is 0.595. The molecule has 1 atom stereocenters. The van der Waals surface area contributed by atoms with Gasteiger partial charge in [0.2, 0.25) is 0 Å². The number of rotatable bonds is 5. The number of carbonyl (C=O) groups excluding carboxylic acids is 2. The van der Waals surface area contributed by atoms with E-state index in [4.69, 9.17) is 39.5 Å². The summed E-state index contributed by atoms with van der Waals surface area (Å²) in [7, 11) is -3.16. The minimum atomic E-state index is -3.16. The third-order valence-electron chi connectivity index (χ3n) is 5.30. The van der Waals surface area contributed by atoms with Gasteiger partial charge in [-0.05, 0) is 19.3 Å².